The van der Waals surface area contributed by atoms with Crippen LogP contribution in [0.4, 0.5) is 0 Å². The largest absolute Gasteiger partial charge is 0.477 e. The molecule has 1 aliphatic rings. The van der Waals surface area contributed by atoms with Crippen molar-refractivity contribution in [2.45, 2.75) is 25.9 Å². The lowest BCUT2D eigenvalue weighted by Gasteiger charge is -2.15. The van der Waals surface area contributed by atoms with Gasteiger partial charge in [-0.2, -0.15) is 0 Å². The number of aliphatic hydroxyl groups excluding tert-OH is 1. The first-order valence-corrected chi connectivity index (χ1v) is 6.94. The first-order chi connectivity index (χ1) is 7.52. The number of thioether (sulfide) groups is 2. The minimum Gasteiger partial charge on any atom is -0.477 e. The van der Waals surface area contributed by atoms with E-state index in [9.17, 15) is 9.59 Å². The summed E-state index contributed by atoms with van der Waals surface area (Å²) in [5, 5.41) is 18.0. The molecule has 0 spiro atoms. The van der Waals surface area contributed by atoms with Crippen molar-refractivity contribution in [1.82, 2.24) is 0 Å². The fourth-order valence-corrected chi connectivity index (χ4v) is 3.52. The number of aliphatic hydroxyl groups is 1. The Kier molecular flexibility index (Phi) is 5.37. The number of Topliss-reactive ketones (excluding diaryl/α,β-unsaturated/α-hetero) is 1. The smallest absolute Gasteiger partial charge is 0.343 e. The molecule has 0 saturated heterocycles. The van der Waals surface area contributed by atoms with Gasteiger partial charge in [0.05, 0.1) is 11.0 Å². The van der Waals surface area contributed by atoms with Gasteiger partial charge in [-0.25, -0.2) is 4.79 Å². The molecule has 0 aromatic heterocycles. The Labute approximate surface area is 102 Å². The summed E-state index contributed by atoms with van der Waals surface area (Å²) in [4.78, 5) is 23.2. The standard InChI is InChI=1S/C10H14O4S2/c1-6(11)2-3-7(12)8-9(10(13)14)16-5-4-15-8/h6,11H,2-5H2,1H3,(H,13,14)/t6-/m1/s1. The van der Waals surface area contributed by atoms with Gasteiger partial charge in [0.2, 0.25) is 0 Å². The minimum absolute atomic E-state index is 0.159. The number of allylic oxidation sites excluding steroid dienone is 1. The van der Waals surface area contributed by atoms with E-state index in [1.807, 2.05) is 0 Å². The van der Waals surface area contributed by atoms with E-state index in [0.29, 0.717) is 11.3 Å². The van der Waals surface area contributed by atoms with Crippen molar-refractivity contribution < 1.29 is 19.8 Å². The molecule has 4 nitrogen and oxygen atoms in total. The molecular weight excluding hydrogens is 248 g/mol. The monoisotopic (exact) mass is 262 g/mol. The van der Waals surface area contributed by atoms with Crippen LogP contribution >= 0.6 is 23.5 Å². The maximum absolute atomic E-state index is 11.8. The molecule has 1 heterocycles. The molecule has 0 aromatic carbocycles. The molecule has 0 amide bonds. The van der Waals surface area contributed by atoms with Gasteiger partial charge in [-0.05, 0) is 13.3 Å². The van der Waals surface area contributed by atoms with Crippen LogP contribution in [0.3, 0.4) is 0 Å². The van der Waals surface area contributed by atoms with Crippen molar-refractivity contribution in [3.8, 4) is 0 Å². The number of carboxylic acid groups (broad SMARTS) is 1. The second-order valence-corrected chi connectivity index (χ2v) is 5.68. The van der Waals surface area contributed by atoms with Crippen molar-refractivity contribution in [1.29, 1.82) is 0 Å². The fraction of sp³-hybridized carbons (Fsp3) is 0.600. The Bertz CT molecular complexity index is 323. The molecule has 1 atom stereocenters. The van der Waals surface area contributed by atoms with E-state index in [-0.39, 0.29) is 17.1 Å². The number of rotatable bonds is 5. The normalized spacial score (nSPS) is 18.4. The predicted molar refractivity (Wildman–Crippen MR) is 65.5 cm³/mol. The zero-order valence-corrected chi connectivity index (χ0v) is 10.6. The number of ketones is 1. The van der Waals surface area contributed by atoms with Crippen LogP contribution in [0.2, 0.25) is 0 Å². The van der Waals surface area contributed by atoms with Gasteiger partial charge in [0.25, 0.3) is 0 Å². The second kappa shape index (κ2) is 6.32. The van der Waals surface area contributed by atoms with Crippen LogP contribution in [0.25, 0.3) is 0 Å². The van der Waals surface area contributed by atoms with E-state index in [2.05, 4.69) is 0 Å². The third-order valence-corrected chi connectivity index (χ3v) is 4.61. The Morgan fingerprint density at radius 3 is 2.38 bits per heavy atom. The highest BCUT2D eigenvalue weighted by atomic mass is 32.2. The van der Waals surface area contributed by atoms with Crippen LogP contribution in [0.5, 0.6) is 0 Å². The molecule has 16 heavy (non-hydrogen) atoms. The van der Waals surface area contributed by atoms with Crippen LogP contribution in [0.15, 0.2) is 9.81 Å². The summed E-state index contributed by atoms with van der Waals surface area (Å²) in [5.74, 6) is 0.282. The Hall–Kier alpha value is -0.460. The summed E-state index contributed by atoms with van der Waals surface area (Å²) < 4.78 is 0. The van der Waals surface area contributed by atoms with Crippen LogP contribution in [0.1, 0.15) is 19.8 Å². The number of carbonyl (C=O) groups is 2. The van der Waals surface area contributed by atoms with E-state index < -0.39 is 12.1 Å². The molecule has 90 valence electrons. The summed E-state index contributed by atoms with van der Waals surface area (Å²) in [7, 11) is 0. The molecule has 0 fully saturated rings. The summed E-state index contributed by atoms with van der Waals surface area (Å²) >= 11 is 2.52. The van der Waals surface area contributed by atoms with Gasteiger partial charge in [-0.15, -0.1) is 23.5 Å². The van der Waals surface area contributed by atoms with Gasteiger partial charge < -0.3 is 10.2 Å². The predicted octanol–water partition coefficient (Wildman–Crippen LogP) is 1.49. The zero-order chi connectivity index (χ0) is 12.1. The summed E-state index contributed by atoms with van der Waals surface area (Å²) in [5.41, 5.74) is 0. The highest BCUT2D eigenvalue weighted by Crippen LogP contribution is 2.35. The molecule has 0 aliphatic carbocycles. The lowest BCUT2D eigenvalue weighted by Crippen LogP contribution is -2.14. The molecule has 1 rings (SSSR count). The number of hydrogen-bond acceptors (Lipinski definition) is 5. The van der Waals surface area contributed by atoms with Crippen molar-refractivity contribution in [3.05, 3.63) is 9.81 Å². The average Bonchev–Trinajstić information content (AvgIpc) is 2.25. The Morgan fingerprint density at radius 2 is 1.88 bits per heavy atom. The number of aliphatic carboxylic acids is 1. The molecule has 0 saturated carbocycles. The molecule has 0 aromatic rings. The van der Waals surface area contributed by atoms with E-state index in [1.54, 1.807) is 6.92 Å². The van der Waals surface area contributed by atoms with Gasteiger partial charge in [-0.1, -0.05) is 0 Å². The van der Waals surface area contributed by atoms with Crippen molar-refractivity contribution in [3.63, 3.8) is 0 Å². The summed E-state index contributed by atoms with van der Waals surface area (Å²) in [6.07, 6.45) is 0.0525. The van der Waals surface area contributed by atoms with E-state index in [1.165, 1.54) is 23.5 Å². The van der Waals surface area contributed by atoms with Crippen LogP contribution in [-0.4, -0.2) is 39.6 Å². The molecule has 0 radical (unpaired) electrons. The Balaban J connectivity index is 2.74. The second-order valence-electron chi connectivity index (χ2n) is 3.47. The zero-order valence-electron chi connectivity index (χ0n) is 8.93. The maximum atomic E-state index is 11.8. The van der Waals surface area contributed by atoms with Gasteiger partial charge in [0, 0.05) is 17.9 Å². The van der Waals surface area contributed by atoms with Gasteiger partial charge >= 0.3 is 5.97 Å². The lowest BCUT2D eigenvalue weighted by molar-refractivity contribution is -0.132. The highest BCUT2D eigenvalue weighted by Gasteiger charge is 2.24. The molecule has 6 heteroatoms. The number of carboxylic acids is 1. The fourth-order valence-electron chi connectivity index (χ4n) is 1.24. The van der Waals surface area contributed by atoms with Crippen molar-refractivity contribution in [2.24, 2.45) is 0 Å². The number of carbonyl (C=O) groups excluding carboxylic acids is 1. The Morgan fingerprint density at radius 1 is 1.31 bits per heavy atom. The minimum atomic E-state index is -1.03. The van der Waals surface area contributed by atoms with Gasteiger partial charge in [0.15, 0.2) is 5.78 Å². The van der Waals surface area contributed by atoms with E-state index in [0.717, 1.165) is 11.5 Å². The van der Waals surface area contributed by atoms with Gasteiger partial charge in [0.1, 0.15) is 4.91 Å². The molecule has 2 N–H and O–H groups in total. The van der Waals surface area contributed by atoms with Crippen LogP contribution in [-0.2, 0) is 9.59 Å². The molecule has 1 aliphatic heterocycles. The molecule has 0 bridgehead atoms. The topological polar surface area (TPSA) is 74.6 Å². The van der Waals surface area contributed by atoms with Crippen molar-refractivity contribution in [2.75, 3.05) is 11.5 Å². The highest BCUT2D eigenvalue weighted by molar-refractivity contribution is 8.11. The van der Waals surface area contributed by atoms with Gasteiger partial charge in [-0.3, -0.25) is 4.79 Å². The SMILES string of the molecule is C[C@@H](O)CCC(=O)C1=C(C(=O)O)SCCS1. The first kappa shape index (κ1) is 13.6. The molecular formula is C10H14O4S2. The first-order valence-electron chi connectivity index (χ1n) is 4.96. The number of hydrogen-bond donors (Lipinski definition) is 2. The van der Waals surface area contributed by atoms with Crippen LogP contribution in [0, 0.1) is 0 Å². The molecule has 0 unspecified atom stereocenters. The van der Waals surface area contributed by atoms with Crippen LogP contribution < -0.4 is 0 Å². The third kappa shape index (κ3) is 3.84. The third-order valence-electron chi connectivity index (χ3n) is 2.02. The summed E-state index contributed by atoms with van der Waals surface area (Å²) in [6.45, 7) is 1.61. The van der Waals surface area contributed by atoms with Crippen molar-refractivity contribution >= 4 is 35.3 Å². The maximum Gasteiger partial charge on any atom is 0.343 e. The lowest BCUT2D eigenvalue weighted by atomic mass is 10.1. The summed E-state index contributed by atoms with van der Waals surface area (Å²) in [6, 6.07) is 0. The van der Waals surface area contributed by atoms with E-state index >= 15 is 0 Å². The van der Waals surface area contributed by atoms with E-state index in [4.69, 9.17) is 10.2 Å². The average molecular weight is 262 g/mol. The quantitative estimate of drug-likeness (QED) is 0.782.